The van der Waals surface area contributed by atoms with Crippen molar-refractivity contribution in [3.05, 3.63) is 0 Å². The number of nitrogens with zero attached hydrogens (tertiary/aromatic N) is 1. The van der Waals surface area contributed by atoms with Crippen LogP contribution in [0.25, 0.3) is 0 Å². The second kappa shape index (κ2) is 3.78. The molecule has 0 radical (unpaired) electrons. The predicted molar refractivity (Wildman–Crippen MR) is 50.1 cm³/mol. The molecule has 0 spiro atoms. The Labute approximate surface area is 74.0 Å². The topological polar surface area (TPSA) is 47.6 Å². The van der Waals surface area contributed by atoms with Crippen molar-refractivity contribution >= 4 is 6.02 Å². The zero-order chi connectivity index (χ0) is 9.03. The molecule has 0 saturated carbocycles. The van der Waals surface area contributed by atoms with Gasteiger partial charge in [0.05, 0.1) is 6.54 Å². The van der Waals surface area contributed by atoms with Crippen LogP contribution in [-0.4, -0.2) is 18.2 Å². The lowest BCUT2D eigenvalue weighted by Gasteiger charge is -2.22. The Morgan fingerprint density at radius 1 is 1.58 bits per heavy atom. The summed E-state index contributed by atoms with van der Waals surface area (Å²) >= 11 is 0. The average Bonchev–Trinajstić information content (AvgIpc) is 2.32. The SMILES string of the molecule is CCCCCC1(C)CN=C(N)O1. The van der Waals surface area contributed by atoms with Crippen molar-refractivity contribution < 1.29 is 4.74 Å². The summed E-state index contributed by atoms with van der Waals surface area (Å²) in [5.74, 6) is 0. The van der Waals surface area contributed by atoms with Crippen LogP contribution >= 0.6 is 0 Å². The van der Waals surface area contributed by atoms with E-state index in [4.69, 9.17) is 10.5 Å². The van der Waals surface area contributed by atoms with Crippen molar-refractivity contribution in [1.82, 2.24) is 0 Å². The molecular weight excluding hydrogens is 152 g/mol. The van der Waals surface area contributed by atoms with Gasteiger partial charge in [0.2, 0.25) is 0 Å². The molecule has 0 aromatic heterocycles. The van der Waals surface area contributed by atoms with Crippen LogP contribution in [0.1, 0.15) is 39.5 Å². The molecular formula is C9H18N2O. The van der Waals surface area contributed by atoms with Gasteiger partial charge in [-0.1, -0.05) is 19.8 Å². The quantitative estimate of drug-likeness (QED) is 0.652. The number of unbranched alkanes of at least 4 members (excludes halogenated alkanes) is 2. The van der Waals surface area contributed by atoms with Crippen LogP contribution in [0.15, 0.2) is 4.99 Å². The lowest BCUT2D eigenvalue weighted by atomic mass is 9.99. The van der Waals surface area contributed by atoms with E-state index in [0.29, 0.717) is 6.02 Å². The Kier molecular flexibility index (Phi) is 2.95. The van der Waals surface area contributed by atoms with Crippen molar-refractivity contribution in [2.45, 2.75) is 45.1 Å². The molecule has 1 unspecified atom stereocenters. The zero-order valence-corrected chi connectivity index (χ0v) is 7.97. The third-order valence-electron chi connectivity index (χ3n) is 2.23. The monoisotopic (exact) mass is 170 g/mol. The first-order valence-electron chi connectivity index (χ1n) is 4.65. The van der Waals surface area contributed by atoms with Crippen molar-refractivity contribution in [2.75, 3.05) is 6.54 Å². The van der Waals surface area contributed by atoms with Crippen molar-refractivity contribution in [2.24, 2.45) is 10.7 Å². The van der Waals surface area contributed by atoms with Crippen LogP contribution in [-0.2, 0) is 4.74 Å². The smallest absolute Gasteiger partial charge is 0.282 e. The maximum Gasteiger partial charge on any atom is 0.282 e. The van der Waals surface area contributed by atoms with Gasteiger partial charge in [-0.25, -0.2) is 4.99 Å². The van der Waals surface area contributed by atoms with Crippen LogP contribution in [0.3, 0.4) is 0 Å². The van der Waals surface area contributed by atoms with Gasteiger partial charge in [0.15, 0.2) is 0 Å². The minimum atomic E-state index is -0.112. The van der Waals surface area contributed by atoms with Crippen LogP contribution in [0.5, 0.6) is 0 Å². The number of rotatable bonds is 4. The van der Waals surface area contributed by atoms with Gasteiger partial charge in [-0.15, -0.1) is 0 Å². The Hall–Kier alpha value is -0.730. The summed E-state index contributed by atoms with van der Waals surface area (Å²) in [5, 5.41) is 0. The molecule has 0 aromatic carbocycles. The van der Waals surface area contributed by atoms with Crippen LogP contribution in [0.4, 0.5) is 0 Å². The van der Waals surface area contributed by atoms with Gasteiger partial charge >= 0.3 is 0 Å². The Morgan fingerprint density at radius 2 is 2.33 bits per heavy atom. The summed E-state index contributed by atoms with van der Waals surface area (Å²) in [5.41, 5.74) is 5.33. The van der Waals surface area contributed by atoms with E-state index in [1.807, 2.05) is 0 Å². The maximum absolute atomic E-state index is 5.44. The molecule has 70 valence electrons. The number of hydrogen-bond donors (Lipinski definition) is 1. The molecule has 1 atom stereocenters. The van der Waals surface area contributed by atoms with Gasteiger partial charge in [-0.05, 0) is 19.8 Å². The molecule has 1 rings (SSSR count). The van der Waals surface area contributed by atoms with Crippen molar-refractivity contribution in [1.29, 1.82) is 0 Å². The van der Waals surface area contributed by atoms with E-state index in [2.05, 4.69) is 18.8 Å². The van der Waals surface area contributed by atoms with Gasteiger partial charge in [0, 0.05) is 0 Å². The summed E-state index contributed by atoms with van der Waals surface area (Å²) < 4.78 is 5.42. The second-order valence-electron chi connectivity index (χ2n) is 3.66. The van der Waals surface area contributed by atoms with Crippen molar-refractivity contribution in [3.8, 4) is 0 Å². The third-order valence-corrected chi connectivity index (χ3v) is 2.23. The summed E-state index contributed by atoms with van der Waals surface area (Å²) in [6.07, 6.45) is 4.77. The molecule has 0 saturated heterocycles. The Balaban J connectivity index is 2.23. The molecule has 0 amide bonds. The molecule has 2 N–H and O–H groups in total. The highest BCUT2D eigenvalue weighted by molar-refractivity contribution is 5.73. The highest BCUT2D eigenvalue weighted by atomic mass is 16.5. The first kappa shape index (κ1) is 9.36. The predicted octanol–water partition coefficient (Wildman–Crippen LogP) is 1.67. The van der Waals surface area contributed by atoms with Gasteiger partial charge in [0.25, 0.3) is 6.02 Å². The van der Waals surface area contributed by atoms with E-state index in [1.54, 1.807) is 0 Å². The van der Waals surface area contributed by atoms with Gasteiger partial charge < -0.3 is 10.5 Å². The fourth-order valence-electron chi connectivity index (χ4n) is 1.44. The minimum absolute atomic E-state index is 0.112. The first-order chi connectivity index (χ1) is 5.66. The van der Waals surface area contributed by atoms with E-state index in [0.717, 1.165) is 13.0 Å². The number of hydrogen-bond acceptors (Lipinski definition) is 3. The Bertz CT molecular complexity index is 179. The second-order valence-corrected chi connectivity index (χ2v) is 3.66. The molecule has 1 heterocycles. The Morgan fingerprint density at radius 3 is 2.83 bits per heavy atom. The summed E-state index contributed by atoms with van der Waals surface area (Å²) in [4.78, 5) is 4.04. The lowest BCUT2D eigenvalue weighted by molar-refractivity contribution is 0.0932. The van der Waals surface area contributed by atoms with Crippen molar-refractivity contribution in [3.63, 3.8) is 0 Å². The standard InChI is InChI=1S/C9H18N2O/c1-3-4-5-6-9(2)7-11-8(10)12-9/h3-7H2,1-2H3,(H2,10,11). The van der Waals surface area contributed by atoms with Gasteiger partial charge in [-0.2, -0.15) is 0 Å². The molecule has 3 nitrogen and oxygen atoms in total. The number of nitrogens with two attached hydrogens (primary N) is 1. The fraction of sp³-hybridized carbons (Fsp3) is 0.889. The maximum atomic E-state index is 5.44. The van der Waals surface area contributed by atoms with E-state index >= 15 is 0 Å². The molecule has 0 aliphatic carbocycles. The van der Waals surface area contributed by atoms with E-state index < -0.39 is 0 Å². The first-order valence-corrected chi connectivity index (χ1v) is 4.65. The van der Waals surface area contributed by atoms with Crippen LogP contribution in [0, 0.1) is 0 Å². The molecule has 0 bridgehead atoms. The number of ether oxygens (including phenoxy) is 1. The van der Waals surface area contributed by atoms with Crippen LogP contribution in [0.2, 0.25) is 0 Å². The van der Waals surface area contributed by atoms with E-state index in [1.165, 1.54) is 19.3 Å². The zero-order valence-electron chi connectivity index (χ0n) is 7.97. The molecule has 0 aromatic rings. The lowest BCUT2D eigenvalue weighted by Crippen LogP contribution is -2.30. The number of aliphatic imine (C=N–C) groups is 1. The van der Waals surface area contributed by atoms with Crippen LogP contribution < -0.4 is 5.73 Å². The van der Waals surface area contributed by atoms with Gasteiger partial charge in [-0.3, -0.25) is 0 Å². The van der Waals surface area contributed by atoms with Gasteiger partial charge in [0.1, 0.15) is 5.60 Å². The fourth-order valence-corrected chi connectivity index (χ4v) is 1.44. The molecule has 12 heavy (non-hydrogen) atoms. The average molecular weight is 170 g/mol. The van der Waals surface area contributed by atoms with E-state index in [9.17, 15) is 0 Å². The number of amidine groups is 1. The molecule has 1 aliphatic rings. The summed E-state index contributed by atoms with van der Waals surface area (Å²) in [6.45, 7) is 5.00. The normalized spacial score (nSPS) is 28.3. The molecule has 1 aliphatic heterocycles. The largest absolute Gasteiger partial charge is 0.457 e. The van der Waals surface area contributed by atoms with E-state index in [-0.39, 0.29) is 5.60 Å². The molecule has 3 heteroatoms. The summed E-state index contributed by atoms with van der Waals surface area (Å²) in [7, 11) is 0. The highest BCUT2D eigenvalue weighted by Gasteiger charge is 2.30. The molecule has 0 fully saturated rings. The highest BCUT2D eigenvalue weighted by Crippen LogP contribution is 2.23. The third kappa shape index (κ3) is 2.40. The summed E-state index contributed by atoms with van der Waals surface area (Å²) in [6, 6.07) is 0.356. The minimum Gasteiger partial charge on any atom is -0.457 e.